The molecule has 0 N–H and O–H groups in total. The van der Waals surface area contributed by atoms with Gasteiger partial charge in [-0.15, -0.1) is 0 Å². The molecule has 0 aliphatic carbocycles. The van der Waals surface area contributed by atoms with Crippen LogP contribution in [0, 0.1) is 0 Å². The molecule has 11 rings (SSSR count). The number of hydrogen-bond donors (Lipinski definition) is 0. The molecule has 11 aromatic rings. The Labute approximate surface area is 331 Å². The lowest BCUT2D eigenvalue weighted by molar-refractivity contribution is 1.18. The molecule has 2 aromatic heterocycles. The first-order valence-electron chi connectivity index (χ1n) is 19.5. The highest BCUT2D eigenvalue weighted by Crippen LogP contribution is 2.45. The van der Waals surface area contributed by atoms with E-state index < -0.39 is 0 Å². The van der Waals surface area contributed by atoms with Crippen molar-refractivity contribution in [2.75, 3.05) is 4.90 Å². The number of para-hydroxylation sites is 5. The van der Waals surface area contributed by atoms with E-state index in [4.69, 9.17) is 0 Å². The van der Waals surface area contributed by atoms with Crippen LogP contribution in [-0.2, 0) is 0 Å². The Morgan fingerprint density at radius 3 is 1.35 bits per heavy atom. The fraction of sp³-hybridized carbons (Fsp3) is 0. The van der Waals surface area contributed by atoms with E-state index in [9.17, 15) is 0 Å². The molecule has 3 nitrogen and oxygen atoms in total. The summed E-state index contributed by atoms with van der Waals surface area (Å²) in [4.78, 5) is 2.42. The van der Waals surface area contributed by atoms with E-state index >= 15 is 0 Å². The van der Waals surface area contributed by atoms with E-state index in [0.29, 0.717) is 0 Å². The van der Waals surface area contributed by atoms with Gasteiger partial charge < -0.3 is 14.0 Å². The summed E-state index contributed by atoms with van der Waals surface area (Å²) in [6.07, 6.45) is 0. The zero-order chi connectivity index (χ0) is 37.7. The third-order valence-electron chi connectivity index (χ3n) is 11.3. The average molecular weight is 728 g/mol. The normalized spacial score (nSPS) is 11.5. The van der Waals surface area contributed by atoms with Crippen molar-refractivity contribution in [1.29, 1.82) is 0 Å². The van der Waals surface area contributed by atoms with Crippen LogP contribution in [0.15, 0.2) is 224 Å². The zero-order valence-electron chi connectivity index (χ0n) is 31.2. The second-order valence-electron chi connectivity index (χ2n) is 14.6. The monoisotopic (exact) mass is 727 g/mol. The third-order valence-corrected chi connectivity index (χ3v) is 11.3. The molecule has 268 valence electrons. The van der Waals surface area contributed by atoms with Gasteiger partial charge in [-0.3, -0.25) is 0 Å². The maximum absolute atomic E-state index is 2.42. The Hall–Kier alpha value is -7.62. The van der Waals surface area contributed by atoms with Gasteiger partial charge in [0.25, 0.3) is 0 Å². The molecule has 0 bridgehead atoms. The molecule has 57 heavy (non-hydrogen) atoms. The van der Waals surface area contributed by atoms with Gasteiger partial charge in [0.15, 0.2) is 0 Å². The van der Waals surface area contributed by atoms with E-state index in [1.54, 1.807) is 0 Å². The van der Waals surface area contributed by atoms with Gasteiger partial charge in [0.2, 0.25) is 0 Å². The predicted octanol–water partition coefficient (Wildman–Crippen LogP) is 14.7. The number of anilines is 3. The summed E-state index contributed by atoms with van der Waals surface area (Å²) < 4.78 is 4.79. The molecular formula is C54H37N3. The van der Waals surface area contributed by atoms with Crippen molar-refractivity contribution in [1.82, 2.24) is 9.13 Å². The fourth-order valence-electron chi connectivity index (χ4n) is 8.72. The van der Waals surface area contributed by atoms with Gasteiger partial charge in [0.1, 0.15) is 0 Å². The van der Waals surface area contributed by atoms with Crippen LogP contribution in [0.5, 0.6) is 0 Å². The second kappa shape index (κ2) is 13.6. The molecule has 0 unspecified atom stereocenters. The maximum atomic E-state index is 2.42. The van der Waals surface area contributed by atoms with Crippen molar-refractivity contribution >= 4 is 60.7 Å². The molecule has 0 aliphatic heterocycles. The smallest absolute Gasteiger partial charge is 0.0561 e. The maximum Gasteiger partial charge on any atom is 0.0561 e. The van der Waals surface area contributed by atoms with E-state index in [1.165, 1.54) is 49.2 Å². The number of rotatable bonds is 7. The number of benzene rings is 9. The molecule has 3 heteroatoms. The van der Waals surface area contributed by atoms with Gasteiger partial charge in [-0.05, 0) is 89.5 Å². The van der Waals surface area contributed by atoms with E-state index in [2.05, 4.69) is 238 Å². The highest BCUT2D eigenvalue weighted by molar-refractivity contribution is 6.12. The summed E-state index contributed by atoms with van der Waals surface area (Å²) in [7, 11) is 0. The summed E-state index contributed by atoms with van der Waals surface area (Å²) in [5.41, 5.74) is 15.0. The van der Waals surface area contributed by atoms with Crippen molar-refractivity contribution in [3.8, 4) is 33.6 Å². The lowest BCUT2D eigenvalue weighted by Gasteiger charge is -2.28. The highest BCUT2D eigenvalue weighted by atomic mass is 15.1. The molecule has 0 amide bonds. The van der Waals surface area contributed by atoms with E-state index in [1.807, 2.05) is 0 Å². The third kappa shape index (κ3) is 5.51. The Kier molecular flexibility index (Phi) is 7.82. The Morgan fingerprint density at radius 1 is 0.281 bits per heavy atom. The molecule has 0 atom stereocenters. The van der Waals surface area contributed by atoms with Crippen LogP contribution in [0.3, 0.4) is 0 Å². The molecule has 0 spiro atoms. The number of aromatic nitrogens is 2. The Bertz CT molecular complexity index is 3210. The first kappa shape index (κ1) is 32.8. The van der Waals surface area contributed by atoms with Gasteiger partial charge in [0, 0.05) is 49.9 Å². The van der Waals surface area contributed by atoms with Crippen LogP contribution >= 0.6 is 0 Å². The quantitative estimate of drug-likeness (QED) is 0.159. The number of fused-ring (bicyclic) bond motifs is 6. The summed E-state index contributed by atoms with van der Waals surface area (Å²) in [6.45, 7) is 0. The molecule has 0 fully saturated rings. The SMILES string of the molecule is c1ccc(-c2ccc(N(c3ccc4c5ccccc5n(-c5ccccc5)c4c3)c3ccccc3-c3ccc4c5ccccc5n(-c5ccccc5)c4c3)cc2)cc1. The molecular weight excluding hydrogens is 691 g/mol. The minimum absolute atomic E-state index is 1.09. The second-order valence-corrected chi connectivity index (χ2v) is 14.6. The van der Waals surface area contributed by atoms with Crippen LogP contribution in [0.4, 0.5) is 17.1 Å². The topological polar surface area (TPSA) is 13.1 Å². The lowest BCUT2D eigenvalue weighted by Crippen LogP contribution is -2.11. The van der Waals surface area contributed by atoms with Gasteiger partial charge in [0.05, 0.1) is 27.8 Å². The van der Waals surface area contributed by atoms with Crippen LogP contribution < -0.4 is 4.90 Å². The van der Waals surface area contributed by atoms with Gasteiger partial charge in [-0.1, -0.05) is 152 Å². The number of hydrogen-bond acceptors (Lipinski definition) is 1. The summed E-state index contributed by atoms with van der Waals surface area (Å²) in [6, 6.07) is 81.2. The minimum atomic E-state index is 1.09. The fourth-order valence-corrected chi connectivity index (χ4v) is 8.72. The predicted molar refractivity (Wildman–Crippen MR) is 241 cm³/mol. The van der Waals surface area contributed by atoms with Gasteiger partial charge >= 0.3 is 0 Å². The molecule has 9 aromatic carbocycles. The number of nitrogens with zero attached hydrogens (tertiary/aromatic N) is 3. The molecule has 0 saturated carbocycles. The van der Waals surface area contributed by atoms with Crippen molar-refractivity contribution in [2.45, 2.75) is 0 Å². The average Bonchev–Trinajstić information content (AvgIpc) is 3.80. The van der Waals surface area contributed by atoms with Gasteiger partial charge in [-0.25, -0.2) is 0 Å². The van der Waals surface area contributed by atoms with Crippen LogP contribution in [0.25, 0.3) is 77.2 Å². The first-order valence-corrected chi connectivity index (χ1v) is 19.5. The Balaban J connectivity index is 1.14. The van der Waals surface area contributed by atoms with Crippen molar-refractivity contribution in [3.63, 3.8) is 0 Å². The minimum Gasteiger partial charge on any atom is -0.310 e. The van der Waals surface area contributed by atoms with Crippen LogP contribution in [0.2, 0.25) is 0 Å². The molecule has 0 aliphatic rings. The lowest BCUT2D eigenvalue weighted by atomic mass is 9.99. The summed E-state index contributed by atoms with van der Waals surface area (Å²) >= 11 is 0. The Morgan fingerprint density at radius 2 is 0.719 bits per heavy atom. The first-order chi connectivity index (χ1) is 28.3. The van der Waals surface area contributed by atoms with Gasteiger partial charge in [-0.2, -0.15) is 0 Å². The molecule has 0 radical (unpaired) electrons. The van der Waals surface area contributed by atoms with Crippen molar-refractivity contribution in [3.05, 3.63) is 224 Å². The van der Waals surface area contributed by atoms with E-state index in [0.717, 1.165) is 45.1 Å². The van der Waals surface area contributed by atoms with Crippen molar-refractivity contribution in [2.24, 2.45) is 0 Å². The van der Waals surface area contributed by atoms with E-state index in [-0.39, 0.29) is 0 Å². The molecule has 0 saturated heterocycles. The van der Waals surface area contributed by atoms with Crippen LogP contribution in [-0.4, -0.2) is 9.13 Å². The van der Waals surface area contributed by atoms with Crippen molar-refractivity contribution < 1.29 is 0 Å². The zero-order valence-corrected chi connectivity index (χ0v) is 31.2. The highest BCUT2D eigenvalue weighted by Gasteiger charge is 2.21. The van der Waals surface area contributed by atoms with Crippen LogP contribution in [0.1, 0.15) is 0 Å². The standard InChI is InChI=1S/C54H37N3/c1-4-16-38(17-5-1)39-28-31-43(32-29-39)55(44-33-35-49-47-24-12-15-27-52(47)57(54(49)37-44)42-20-8-3-9-21-42)50-25-13-10-22-45(50)40-30-34-48-46-23-11-14-26-51(46)56(53(48)36-40)41-18-6-2-7-19-41/h1-37H. The summed E-state index contributed by atoms with van der Waals surface area (Å²) in [5.74, 6) is 0. The summed E-state index contributed by atoms with van der Waals surface area (Å²) in [5, 5.41) is 4.95. The largest absolute Gasteiger partial charge is 0.310 e. The molecule has 2 heterocycles.